The summed E-state index contributed by atoms with van der Waals surface area (Å²) < 4.78 is 0. The van der Waals surface area contributed by atoms with Crippen LogP contribution in [0.25, 0.3) is 0 Å². The van der Waals surface area contributed by atoms with Crippen molar-refractivity contribution in [2.24, 2.45) is 5.41 Å². The zero-order valence-electron chi connectivity index (χ0n) is 12.5. The molecule has 2 atom stereocenters. The number of β-amino-alcohol motifs (C(OH)–C–C–N with tert-alkyl or cyclic N) is 1. The Morgan fingerprint density at radius 3 is 2.50 bits per heavy atom. The molecule has 1 aliphatic heterocycles. The lowest BCUT2D eigenvalue weighted by atomic mass is 9.72. The van der Waals surface area contributed by atoms with Crippen LogP contribution in [0.2, 0.25) is 5.02 Å². The van der Waals surface area contributed by atoms with Crippen LogP contribution < -0.4 is 0 Å². The maximum atomic E-state index is 12.4. The zero-order valence-corrected chi connectivity index (χ0v) is 13.2. The number of carbonyl (C=O) groups excluding carboxylic acids is 1. The number of aliphatic hydroxyl groups excluding tert-OH is 1. The number of hydrogen-bond donors (Lipinski definition) is 2. The van der Waals surface area contributed by atoms with E-state index < -0.39 is 17.5 Å². The Morgan fingerprint density at radius 1 is 1.36 bits per heavy atom. The number of likely N-dealkylation sites (tertiary alicyclic amines) is 1. The fourth-order valence-electron chi connectivity index (χ4n) is 3.03. The van der Waals surface area contributed by atoms with Gasteiger partial charge in [-0.2, -0.15) is 0 Å². The molecule has 2 rings (SSSR count). The Bertz CT molecular complexity index is 560. The molecule has 22 heavy (non-hydrogen) atoms. The molecule has 0 bridgehead atoms. The largest absolute Gasteiger partial charge is 0.481 e. The standard InChI is InChI=1S/C16H20ClNO4/c1-2-7-16(15(21)22)8-9-18(10-13(16)19)14(20)11-3-5-12(17)6-4-11/h3-6,13,19H,2,7-10H2,1H3,(H,21,22)/t13-,16-/m0/s1. The Labute approximate surface area is 134 Å². The summed E-state index contributed by atoms with van der Waals surface area (Å²) >= 11 is 5.80. The second-order valence-electron chi connectivity index (χ2n) is 5.74. The van der Waals surface area contributed by atoms with Gasteiger partial charge in [-0.1, -0.05) is 24.9 Å². The van der Waals surface area contributed by atoms with Crippen molar-refractivity contribution in [1.29, 1.82) is 0 Å². The molecule has 1 aromatic carbocycles. The van der Waals surface area contributed by atoms with Gasteiger partial charge < -0.3 is 15.1 Å². The van der Waals surface area contributed by atoms with E-state index in [1.165, 1.54) is 4.90 Å². The Morgan fingerprint density at radius 2 is 2.00 bits per heavy atom. The van der Waals surface area contributed by atoms with Crippen molar-refractivity contribution in [3.8, 4) is 0 Å². The average Bonchev–Trinajstić information content (AvgIpc) is 2.49. The van der Waals surface area contributed by atoms with Crippen LogP contribution in [0.15, 0.2) is 24.3 Å². The van der Waals surface area contributed by atoms with Crippen LogP contribution >= 0.6 is 11.6 Å². The molecule has 0 aromatic heterocycles. The zero-order chi connectivity index (χ0) is 16.3. The Kier molecular flexibility index (Phi) is 5.08. The van der Waals surface area contributed by atoms with Crippen LogP contribution in [-0.2, 0) is 4.79 Å². The molecule has 1 saturated heterocycles. The summed E-state index contributed by atoms with van der Waals surface area (Å²) in [6, 6.07) is 6.52. The van der Waals surface area contributed by atoms with Gasteiger partial charge in [-0.25, -0.2) is 0 Å². The van der Waals surface area contributed by atoms with Crippen LogP contribution in [0.3, 0.4) is 0 Å². The quantitative estimate of drug-likeness (QED) is 0.891. The highest BCUT2D eigenvalue weighted by atomic mass is 35.5. The number of benzene rings is 1. The number of aliphatic hydroxyl groups is 1. The maximum absolute atomic E-state index is 12.4. The van der Waals surface area contributed by atoms with Gasteiger partial charge in [-0.15, -0.1) is 0 Å². The van der Waals surface area contributed by atoms with Gasteiger partial charge in [0.15, 0.2) is 0 Å². The Balaban J connectivity index is 2.13. The van der Waals surface area contributed by atoms with E-state index >= 15 is 0 Å². The van der Waals surface area contributed by atoms with Gasteiger partial charge in [0.05, 0.1) is 11.5 Å². The van der Waals surface area contributed by atoms with Crippen LogP contribution in [-0.4, -0.2) is 46.2 Å². The van der Waals surface area contributed by atoms with E-state index in [1.807, 2.05) is 6.92 Å². The molecule has 0 radical (unpaired) electrons. The monoisotopic (exact) mass is 325 g/mol. The van der Waals surface area contributed by atoms with E-state index in [2.05, 4.69) is 0 Å². The van der Waals surface area contributed by atoms with Gasteiger partial charge in [0.1, 0.15) is 0 Å². The van der Waals surface area contributed by atoms with Crippen molar-refractivity contribution < 1.29 is 19.8 Å². The number of carboxylic acid groups (broad SMARTS) is 1. The molecule has 5 nitrogen and oxygen atoms in total. The highest BCUT2D eigenvalue weighted by Gasteiger charge is 2.48. The summed E-state index contributed by atoms with van der Waals surface area (Å²) in [5, 5.41) is 20.4. The van der Waals surface area contributed by atoms with Crippen LogP contribution in [0, 0.1) is 5.41 Å². The van der Waals surface area contributed by atoms with Crippen molar-refractivity contribution >= 4 is 23.5 Å². The molecule has 2 N–H and O–H groups in total. The minimum absolute atomic E-state index is 0.0355. The Hall–Kier alpha value is -1.59. The van der Waals surface area contributed by atoms with Gasteiger partial charge >= 0.3 is 5.97 Å². The molecule has 0 saturated carbocycles. The van der Waals surface area contributed by atoms with Gasteiger partial charge in [0, 0.05) is 23.7 Å². The average molecular weight is 326 g/mol. The number of nitrogens with zero attached hydrogens (tertiary/aromatic N) is 1. The minimum atomic E-state index is -1.15. The van der Waals surface area contributed by atoms with E-state index in [9.17, 15) is 19.8 Å². The summed E-state index contributed by atoms with van der Waals surface area (Å²) in [7, 11) is 0. The van der Waals surface area contributed by atoms with Crippen molar-refractivity contribution in [3.05, 3.63) is 34.9 Å². The molecule has 1 aromatic rings. The fourth-order valence-corrected chi connectivity index (χ4v) is 3.16. The molecular weight excluding hydrogens is 306 g/mol. The van der Waals surface area contributed by atoms with E-state index in [0.29, 0.717) is 30.0 Å². The van der Waals surface area contributed by atoms with Gasteiger partial charge in [0.25, 0.3) is 5.91 Å². The lowest BCUT2D eigenvalue weighted by Gasteiger charge is -2.42. The lowest BCUT2D eigenvalue weighted by Crippen LogP contribution is -2.56. The van der Waals surface area contributed by atoms with Crippen LogP contribution in [0.4, 0.5) is 0 Å². The number of hydrogen-bond acceptors (Lipinski definition) is 3. The maximum Gasteiger partial charge on any atom is 0.312 e. The van der Waals surface area contributed by atoms with E-state index in [-0.39, 0.29) is 18.9 Å². The van der Waals surface area contributed by atoms with Crippen molar-refractivity contribution in [2.75, 3.05) is 13.1 Å². The first-order chi connectivity index (χ1) is 10.4. The number of carbonyl (C=O) groups is 2. The van der Waals surface area contributed by atoms with Crippen LogP contribution in [0.1, 0.15) is 36.5 Å². The molecule has 0 unspecified atom stereocenters. The van der Waals surface area contributed by atoms with E-state index in [1.54, 1.807) is 24.3 Å². The molecular formula is C16H20ClNO4. The molecule has 120 valence electrons. The second-order valence-corrected chi connectivity index (χ2v) is 6.17. The predicted molar refractivity (Wildman–Crippen MR) is 83.0 cm³/mol. The van der Waals surface area contributed by atoms with Gasteiger partial charge in [-0.05, 0) is 37.1 Å². The summed E-state index contributed by atoms with van der Waals surface area (Å²) in [4.78, 5) is 25.5. The molecule has 6 heteroatoms. The topological polar surface area (TPSA) is 77.8 Å². The second kappa shape index (κ2) is 6.67. The summed E-state index contributed by atoms with van der Waals surface area (Å²) in [5.74, 6) is -1.20. The summed E-state index contributed by atoms with van der Waals surface area (Å²) in [6.45, 7) is 2.25. The third kappa shape index (κ3) is 3.10. The molecule has 1 amide bonds. The first kappa shape index (κ1) is 16.8. The van der Waals surface area contributed by atoms with E-state index in [0.717, 1.165) is 0 Å². The molecule has 1 heterocycles. The molecule has 1 fully saturated rings. The lowest BCUT2D eigenvalue weighted by molar-refractivity contribution is -0.162. The number of halogens is 1. The molecule has 0 spiro atoms. The first-order valence-electron chi connectivity index (χ1n) is 7.37. The number of aliphatic carboxylic acids is 1. The van der Waals surface area contributed by atoms with Gasteiger partial charge in [-0.3, -0.25) is 9.59 Å². The highest BCUT2D eigenvalue weighted by molar-refractivity contribution is 6.30. The molecule has 1 aliphatic rings. The van der Waals surface area contributed by atoms with Crippen molar-refractivity contribution in [3.63, 3.8) is 0 Å². The van der Waals surface area contributed by atoms with Crippen LogP contribution in [0.5, 0.6) is 0 Å². The number of rotatable bonds is 4. The summed E-state index contributed by atoms with van der Waals surface area (Å²) in [5.41, 5.74) is -0.666. The summed E-state index contributed by atoms with van der Waals surface area (Å²) in [6.07, 6.45) is 0.285. The molecule has 0 aliphatic carbocycles. The van der Waals surface area contributed by atoms with Crippen molar-refractivity contribution in [1.82, 2.24) is 4.90 Å². The predicted octanol–water partition coefficient (Wildman–Crippen LogP) is 2.42. The SMILES string of the molecule is CCC[C@]1(C(=O)O)CCN(C(=O)c2ccc(Cl)cc2)C[C@@H]1O. The third-order valence-electron chi connectivity index (χ3n) is 4.36. The number of amides is 1. The minimum Gasteiger partial charge on any atom is -0.481 e. The smallest absolute Gasteiger partial charge is 0.312 e. The van der Waals surface area contributed by atoms with Crippen molar-refractivity contribution in [2.45, 2.75) is 32.3 Å². The third-order valence-corrected chi connectivity index (χ3v) is 4.61. The normalized spacial score (nSPS) is 25.0. The van der Waals surface area contributed by atoms with E-state index in [4.69, 9.17) is 11.6 Å². The highest BCUT2D eigenvalue weighted by Crippen LogP contribution is 2.37. The first-order valence-corrected chi connectivity index (χ1v) is 7.75. The van der Waals surface area contributed by atoms with Gasteiger partial charge in [0.2, 0.25) is 0 Å². The fraction of sp³-hybridized carbons (Fsp3) is 0.500. The number of carboxylic acids is 1. The number of piperidine rings is 1.